The Bertz CT molecular complexity index is 545. The van der Waals surface area contributed by atoms with Gasteiger partial charge in [-0.25, -0.2) is 4.79 Å². The normalized spacial score (nSPS) is 33.3. The molecule has 2 bridgehead atoms. The molecular formula is C17H22O3. The van der Waals surface area contributed by atoms with Gasteiger partial charge in [-0.15, -0.1) is 6.42 Å². The molecule has 2 aliphatic carbocycles. The number of esters is 1. The van der Waals surface area contributed by atoms with Gasteiger partial charge in [-0.05, 0) is 38.0 Å². The van der Waals surface area contributed by atoms with Gasteiger partial charge in [0.05, 0.1) is 0 Å². The van der Waals surface area contributed by atoms with Crippen molar-refractivity contribution in [2.75, 3.05) is 0 Å². The highest BCUT2D eigenvalue weighted by atomic mass is 16.6. The first kappa shape index (κ1) is 14.8. The Morgan fingerprint density at radius 1 is 1.45 bits per heavy atom. The highest BCUT2D eigenvalue weighted by Crippen LogP contribution is 2.65. The van der Waals surface area contributed by atoms with Crippen molar-refractivity contribution in [3.05, 3.63) is 11.6 Å². The molecule has 2 fully saturated rings. The summed E-state index contributed by atoms with van der Waals surface area (Å²) in [5.41, 5.74) is -0.793. The average Bonchev–Trinajstić information content (AvgIpc) is 2.63. The summed E-state index contributed by atoms with van der Waals surface area (Å²) in [7, 11) is 0. The standard InChI is InChI=1S/C17H22O3/c1-7-15(2,3)20-13(18)10-11-12-8-9-17(6,14(11)19)16(12,4)5/h1,10,12H,8-9H2,2-6H3/b11-10-. The van der Waals surface area contributed by atoms with Crippen molar-refractivity contribution in [2.45, 2.75) is 53.1 Å². The zero-order valence-corrected chi connectivity index (χ0v) is 12.9. The Labute approximate surface area is 120 Å². The maximum Gasteiger partial charge on any atom is 0.332 e. The van der Waals surface area contributed by atoms with Crippen LogP contribution in [0.2, 0.25) is 0 Å². The van der Waals surface area contributed by atoms with E-state index < -0.39 is 11.6 Å². The SMILES string of the molecule is C#CC(C)(C)OC(=O)/C=C1\C(=O)C2(C)CCC1C2(C)C. The van der Waals surface area contributed by atoms with E-state index in [0.717, 1.165) is 12.8 Å². The number of fused-ring (bicyclic) bond motifs is 2. The van der Waals surface area contributed by atoms with Crippen LogP contribution in [0.25, 0.3) is 0 Å². The summed E-state index contributed by atoms with van der Waals surface area (Å²) in [4.78, 5) is 24.5. The number of carbonyl (C=O) groups is 2. The molecule has 0 amide bonds. The van der Waals surface area contributed by atoms with Gasteiger partial charge >= 0.3 is 5.97 Å². The van der Waals surface area contributed by atoms with Crippen LogP contribution in [0.4, 0.5) is 0 Å². The van der Waals surface area contributed by atoms with Gasteiger partial charge in [0.25, 0.3) is 0 Å². The van der Waals surface area contributed by atoms with Gasteiger partial charge in [-0.3, -0.25) is 4.79 Å². The van der Waals surface area contributed by atoms with Crippen molar-refractivity contribution >= 4 is 11.8 Å². The smallest absolute Gasteiger partial charge is 0.332 e. The maximum atomic E-state index is 12.6. The van der Waals surface area contributed by atoms with Crippen LogP contribution in [0.3, 0.4) is 0 Å². The molecule has 2 atom stereocenters. The van der Waals surface area contributed by atoms with Gasteiger partial charge in [0.2, 0.25) is 0 Å². The zero-order valence-electron chi connectivity index (χ0n) is 12.9. The van der Waals surface area contributed by atoms with Crippen molar-refractivity contribution in [2.24, 2.45) is 16.7 Å². The number of hydrogen-bond acceptors (Lipinski definition) is 3. The van der Waals surface area contributed by atoms with Crippen LogP contribution in [-0.2, 0) is 14.3 Å². The second-order valence-electron chi connectivity index (χ2n) is 7.15. The lowest BCUT2D eigenvalue weighted by Gasteiger charge is -2.31. The second kappa shape index (κ2) is 4.22. The van der Waals surface area contributed by atoms with Gasteiger partial charge in [-0.1, -0.05) is 26.7 Å². The minimum atomic E-state index is -0.950. The quantitative estimate of drug-likeness (QED) is 0.442. The third-order valence-corrected chi connectivity index (χ3v) is 5.34. The Hall–Kier alpha value is -1.56. The number of hydrogen-bond donors (Lipinski definition) is 0. The van der Waals surface area contributed by atoms with Crippen LogP contribution in [0.5, 0.6) is 0 Å². The largest absolute Gasteiger partial charge is 0.443 e. The molecule has 0 heterocycles. The van der Waals surface area contributed by atoms with Crippen molar-refractivity contribution in [1.82, 2.24) is 0 Å². The Morgan fingerprint density at radius 2 is 2.05 bits per heavy atom. The Kier molecular flexibility index (Phi) is 3.13. The minimum Gasteiger partial charge on any atom is -0.443 e. The van der Waals surface area contributed by atoms with E-state index in [2.05, 4.69) is 19.8 Å². The van der Waals surface area contributed by atoms with Gasteiger partial charge in [0.15, 0.2) is 11.4 Å². The van der Waals surface area contributed by atoms with Crippen molar-refractivity contribution in [3.8, 4) is 12.3 Å². The van der Waals surface area contributed by atoms with E-state index in [-0.39, 0.29) is 22.5 Å². The average molecular weight is 274 g/mol. The highest BCUT2D eigenvalue weighted by Gasteiger charge is 2.64. The predicted molar refractivity (Wildman–Crippen MR) is 76.7 cm³/mol. The van der Waals surface area contributed by atoms with Crippen molar-refractivity contribution in [3.63, 3.8) is 0 Å². The Morgan fingerprint density at radius 3 is 2.50 bits per heavy atom. The fourth-order valence-corrected chi connectivity index (χ4v) is 3.53. The van der Waals surface area contributed by atoms with Crippen LogP contribution in [0.1, 0.15) is 47.5 Å². The lowest BCUT2D eigenvalue weighted by Crippen LogP contribution is -2.32. The molecule has 0 aliphatic heterocycles. The lowest BCUT2D eigenvalue weighted by molar-refractivity contribution is -0.145. The van der Waals surface area contributed by atoms with E-state index in [1.54, 1.807) is 13.8 Å². The van der Waals surface area contributed by atoms with Crippen molar-refractivity contribution in [1.29, 1.82) is 0 Å². The predicted octanol–water partition coefficient (Wildman–Crippen LogP) is 2.89. The van der Waals surface area contributed by atoms with E-state index in [0.29, 0.717) is 5.57 Å². The number of Topliss-reactive ketones (excluding diaryl/α,β-unsaturated/α-hetero) is 1. The summed E-state index contributed by atoms with van der Waals surface area (Å²) in [6.07, 6.45) is 8.51. The molecule has 3 heteroatoms. The first-order chi connectivity index (χ1) is 9.05. The molecule has 0 spiro atoms. The van der Waals surface area contributed by atoms with Crippen LogP contribution in [0.15, 0.2) is 11.6 Å². The molecule has 2 rings (SSSR count). The number of carbonyl (C=O) groups excluding carboxylic acids is 2. The molecule has 2 saturated carbocycles. The molecule has 0 saturated heterocycles. The van der Waals surface area contributed by atoms with Gasteiger partial charge in [-0.2, -0.15) is 0 Å². The molecule has 3 nitrogen and oxygen atoms in total. The molecular weight excluding hydrogens is 252 g/mol. The second-order valence-corrected chi connectivity index (χ2v) is 7.15. The van der Waals surface area contributed by atoms with Crippen molar-refractivity contribution < 1.29 is 14.3 Å². The van der Waals surface area contributed by atoms with E-state index in [4.69, 9.17) is 11.2 Å². The summed E-state index contributed by atoms with van der Waals surface area (Å²) >= 11 is 0. The van der Waals surface area contributed by atoms with Gasteiger partial charge in [0, 0.05) is 17.1 Å². The molecule has 0 radical (unpaired) electrons. The maximum absolute atomic E-state index is 12.6. The van der Waals surface area contributed by atoms with Gasteiger partial charge in [0.1, 0.15) is 0 Å². The molecule has 2 unspecified atom stereocenters. The first-order valence-corrected chi connectivity index (χ1v) is 7.02. The zero-order chi connectivity index (χ0) is 15.3. The highest BCUT2D eigenvalue weighted by molar-refractivity contribution is 6.08. The van der Waals surface area contributed by atoms with Crippen LogP contribution in [0, 0.1) is 29.1 Å². The number of allylic oxidation sites excluding steroid dienone is 1. The summed E-state index contributed by atoms with van der Waals surface area (Å²) in [6, 6.07) is 0. The van der Waals surface area contributed by atoms with Crippen LogP contribution >= 0.6 is 0 Å². The number of terminal acetylenes is 1. The molecule has 0 aromatic heterocycles. The van der Waals surface area contributed by atoms with Crippen LogP contribution < -0.4 is 0 Å². The monoisotopic (exact) mass is 274 g/mol. The fourth-order valence-electron chi connectivity index (χ4n) is 3.53. The number of ketones is 1. The molecule has 20 heavy (non-hydrogen) atoms. The number of ether oxygens (including phenoxy) is 1. The van der Waals surface area contributed by atoms with E-state index in [9.17, 15) is 9.59 Å². The summed E-state index contributed by atoms with van der Waals surface area (Å²) in [6.45, 7) is 9.53. The van der Waals surface area contributed by atoms with Crippen LogP contribution in [-0.4, -0.2) is 17.4 Å². The molecule has 2 aliphatic rings. The molecule has 0 aromatic rings. The molecule has 108 valence electrons. The third kappa shape index (κ3) is 1.90. The first-order valence-electron chi connectivity index (χ1n) is 7.02. The summed E-state index contributed by atoms with van der Waals surface area (Å²) in [5.74, 6) is 2.12. The Balaban J connectivity index is 2.28. The minimum absolute atomic E-state index is 0.0919. The van der Waals surface area contributed by atoms with E-state index in [1.165, 1.54) is 6.08 Å². The van der Waals surface area contributed by atoms with E-state index in [1.807, 2.05) is 6.92 Å². The molecule has 0 N–H and O–H groups in total. The third-order valence-electron chi connectivity index (χ3n) is 5.34. The van der Waals surface area contributed by atoms with E-state index >= 15 is 0 Å². The molecule has 0 aromatic carbocycles. The van der Waals surface area contributed by atoms with Gasteiger partial charge < -0.3 is 4.74 Å². The fraction of sp³-hybridized carbons (Fsp3) is 0.647. The summed E-state index contributed by atoms with van der Waals surface area (Å²) in [5, 5.41) is 0. The summed E-state index contributed by atoms with van der Waals surface area (Å²) < 4.78 is 5.20. The number of rotatable bonds is 2. The lowest BCUT2D eigenvalue weighted by atomic mass is 9.70. The topological polar surface area (TPSA) is 43.4 Å².